The van der Waals surface area contributed by atoms with Gasteiger partial charge in [-0.25, -0.2) is 4.99 Å². The summed E-state index contributed by atoms with van der Waals surface area (Å²) in [4.78, 5) is 18.9. The average molecular weight is 396 g/mol. The van der Waals surface area contributed by atoms with Crippen molar-refractivity contribution in [2.24, 2.45) is 4.99 Å². The van der Waals surface area contributed by atoms with Crippen LogP contribution >= 0.6 is 0 Å². The quantitative estimate of drug-likeness (QED) is 0.556. The van der Waals surface area contributed by atoms with Gasteiger partial charge < -0.3 is 25.0 Å². The number of hydrogen-bond acceptors (Lipinski definition) is 4. The van der Waals surface area contributed by atoms with Gasteiger partial charge in [-0.2, -0.15) is 0 Å². The van der Waals surface area contributed by atoms with Crippen LogP contribution in [0, 0.1) is 0 Å². The largest absolute Gasteiger partial charge is 0.493 e. The van der Waals surface area contributed by atoms with Crippen LogP contribution in [0.3, 0.4) is 0 Å². The van der Waals surface area contributed by atoms with E-state index in [0.29, 0.717) is 37.0 Å². The van der Waals surface area contributed by atoms with Gasteiger partial charge in [0.05, 0.1) is 26.8 Å². The van der Waals surface area contributed by atoms with Gasteiger partial charge >= 0.3 is 0 Å². The molecule has 1 saturated heterocycles. The Labute approximate surface area is 171 Å². The number of carbonyl (C=O) groups is 1. The molecule has 7 nitrogen and oxygen atoms in total. The lowest BCUT2D eigenvalue weighted by atomic mass is 10.2. The van der Waals surface area contributed by atoms with Crippen molar-refractivity contribution in [2.45, 2.75) is 25.9 Å². The smallest absolute Gasteiger partial charge is 0.229 e. The maximum atomic E-state index is 12.5. The highest BCUT2D eigenvalue weighted by atomic mass is 16.5. The van der Waals surface area contributed by atoms with E-state index in [-0.39, 0.29) is 11.9 Å². The van der Waals surface area contributed by atoms with Crippen molar-refractivity contribution in [3.63, 3.8) is 0 Å². The fourth-order valence-electron chi connectivity index (χ4n) is 3.42. The van der Waals surface area contributed by atoms with Crippen molar-refractivity contribution in [3.05, 3.63) is 54.1 Å². The first-order valence-corrected chi connectivity index (χ1v) is 9.76. The highest BCUT2D eigenvalue weighted by molar-refractivity contribution is 5.97. The van der Waals surface area contributed by atoms with E-state index in [1.54, 1.807) is 14.2 Å². The number of ether oxygens (including phenoxy) is 2. The van der Waals surface area contributed by atoms with Crippen molar-refractivity contribution in [3.8, 4) is 11.5 Å². The molecule has 2 aromatic rings. The van der Waals surface area contributed by atoms with Gasteiger partial charge in [0.15, 0.2) is 17.5 Å². The van der Waals surface area contributed by atoms with Gasteiger partial charge in [-0.05, 0) is 25.1 Å². The van der Waals surface area contributed by atoms with Crippen molar-refractivity contribution in [1.82, 2.24) is 10.6 Å². The zero-order valence-electron chi connectivity index (χ0n) is 17.1. The van der Waals surface area contributed by atoms with E-state index in [4.69, 9.17) is 9.47 Å². The minimum Gasteiger partial charge on any atom is -0.493 e. The summed E-state index contributed by atoms with van der Waals surface area (Å²) in [6.07, 6.45) is 0.432. The van der Waals surface area contributed by atoms with E-state index in [9.17, 15) is 4.79 Å². The fourth-order valence-corrected chi connectivity index (χ4v) is 3.42. The van der Waals surface area contributed by atoms with E-state index >= 15 is 0 Å². The van der Waals surface area contributed by atoms with E-state index in [0.717, 1.165) is 17.8 Å². The molecule has 29 heavy (non-hydrogen) atoms. The Morgan fingerprint density at radius 2 is 1.93 bits per heavy atom. The van der Waals surface area contributed by atoms with Crippen LogP contribution in [0.1, 0.15) is 18.9 Å². The minimum absolute atomic E-state index is 0.00675. The number of hydrogen-bond donors (Lipinski definition) is 2. The Kier molecular flexibility index (Phi) is 6.94. The van der Waals surface area contributed by atoms with Crippen molar-refractivity contribution in [2.75, 3.05) is 32.2 Å². The molecule has 1 unspecified atom stereocenters. The molecule has 0 aromatic heterocycles. The van der Waals surface area contributed by atoms with Crippen LogP contribution in [-0.2, 0) is 11.3 Å². The molecular weight excluding hydrogens is 368 g/mol. The van der Waals surface area contributed by atoms with E-state index in [1.807, 2.05) is 60.4 Å². The molecule has 1 aliphatic rings. The lowest BCUT2D eigenvalue weighted by molar-refractivity contribution is -0.117. The molecule has 2 N–H and O–H groups in total. The summed E-state index contributed by atoms with van der Waals surface area (Å²) in [6, 6.07) is 15.5. The highest BCUT2D eigenvalue weighted by Gasteiger charge is 2.31. The predicted octanol–water partition coefficient (Wildman–Crippen LogP) is 2.56. The Morgan fingerprint density at radius 1 is 1.14 bits per heavy atom. The molecule has 0 spiro atoms. The molecule has 0 radical (unpaired) electrons. The van der Waals surface area contributed by atoms with Gasteiger partial charge in [-0.1, -0.05) is 30.3 Å². The Balaban J connectivity index is 1.70. The van der Waals surface area contributed by atoms with Gasteiger partial charge in [-0.15, -0.1) is 0 Å². The molecule has 1 heterocycles. The molecule has 2 aromatic carbocycles. The molecule has 1 aliphatic heterocycles. The van der Waals surface area contributed by atoms with Crippen LogP contribution in [0.25, 0.3) is 0 Å². The molecule has 154 valence electrons. The number of guanidine groups is 1. The number of nitrogens with zero attached hydrogens (tertiary/aromatic N) is 2. The normalized spacial score (nSPS) is 16.7. The lowest BCUT2D eigenvalue weighted by Crippen LogP contribution is -2.44. The third-order valence-electron chi connectivity index (χ3n) is 4.77. The molecule has 1 fully saturated rings. The number of aliphatic imine (C=N–C) groups is 1. The summed E-state index contributed by atoms with van der Waals surface area (Å²) in [5.74, 6) is 2.14. The number of nitrogens with one attached hydrogen (secondary N) is 2. The summed E-state index contributed by atoms with van der Waals surface area (Å²) in [5.41, 5.74) is 1.85. The summed E-state index contributed by atoms with van der Waals surface area (Å²) >= 11 is 0. The zero-order chi connectivity index (χ0) is 20.6. The Bertz CT molecular complexity index is 854. The van der Waals surface area contributed by atoms with E-state index in [2.05, 4.69) is 15.6 Å². The minimum atomic E-state index is -0.00675. The fraction of sp³-hybridized carbons (Fsp3) is 0.364. The number of methoxy groups -OCH3 is 2. The first-order chi connectivity index (χ1) is 14.2. The number of benzene rings is 2. The molecule has 0 aliphatic carbocycles. The van der Waals surface area contributed by atoms with E-state index < -0.39 is 0 Å². The van der Waals surface area contributed by atoms with Gasteiger partial charge in [0, 0.05) is 30.8 Å². The number of amides is 1. The molecule has 0 bridgehead atoms. The van der Waals surface area contributed by atoms with Crippen LogP contribution < -0.4 is 25.0 Å². The standard InChI is InChI=1S/C22H28N4O3/c1-4-23-22(24-14-16-9-8-12-19(28-2)21(16)29-3)25-17-13-20(27)26(15-17)18-10-6-5-7-11-18/h5-12,17H,4,13-15H2,1-3H3,(H2,23,24,25). The highest BCUT2D eigenvalue weighted by Crippen LogP contribution is 2.31. The monoisotopic (exact) mass is 396 g/mol. The van der Waals surface area contributed by atoms with Gasteiger partial charge in [-0.3, -0.25) is 4.79 Å². The number of anilines is 1. The zero-order valence-corrected chi connectivity index (χ0v) is 17.1. The van der Waals surface area contributed by atoms with Crippen molar-refractivity contribution < 1.29 is 14.3 Å². The third-order valence-corrected chi connectivity index (χ3v) is 4.77. The Hall–Kier alpha value is -3.22. The van der Waals surface area contributed by atoms with Crippen LogP contribution in [0.4, 0.5) is 5.69 Å². The SMILES string of the molecule is CCNC(=NCc1cccc(OC)c1OC)NC1CC(=O)N(c2ccccc2)C1. The molecule has 7 heteroatoms. The van der Waals surface area contributed by atoms with Gasteiger partial charge in [0.25, 0.3) is 0 Å². The summed E-state index contributed by atoms with van der Waals surface area (Å²) in [5, 5.41) is 6.64. The molecule has 1 atom stereocenters. The second-order valence-corrected chi connectivity index (χ2v) is 6.73. The van der Waals surface area contributed by atoms with Gasteiger partial charge in [0.2, 0.25) is 5.91 Å². The van der Waals surface area contributed by atoms with Gasteiger partial charge in [0.1, 0.15) is 0 Å². The average Bonchev–Trinajstić information content (AvgIpc) is 3.12. The first kappa shape index (κ1) is 20.5. The topological polar surface area (TPSA) is 75.2 Å². The summed E-state index contributed by atoms with van der Waals surface area (Å²) in [7, 11) is 3.24. The van der Waals surface area contributed by atoms with E-state index in [1.165, 1.54) is 0 Å². The number of para-hydroxylation sites is 2. The molecule has 0 saturated carbocycles. The van der Waals surface area contributed by atoms with Crippen LogP contribution in [0.15, 0.2) is 53.5 Å². The van der Waals surface area contributed by atoms with Crippen LogP contribution in [0.2, 0.25) is 0 Å². The van der Waals surface area contributed by atoms with Crippen LogP contribution in [0.5, 0.6) is 11.5 Å². The third kappa shape index (κ3) is 4.99. The summed E-state index contributed by atoms with van der Waals surface area (Å²) < 4.78 is 10.8. The predicted molar refractivity (Wildman–Crippen MR) is 115 cm³/mol. The summed E-state index contributed by atoms with van der Waals surface area (Å²) in [6.45, 7) is 3.78. The van der Waals surface area contributed by atoms with Crippen molar-refractivity contribution >= 4 is 17.6 Å². The second-order valence-electron chi connectivity index (χ2n) is 6.73. The van der Waals surface area contributed by atoms with Crippen LogP contribution in [-0.4, -0.2) is 45.2 Å². The second kappa shape index (κ2) is 9.82. The Morgan fingerprint density at radius 3 is 2.62 bits per heavy atom. The molecule has 1 amide bonds. The number of rotatable bonds is 7. The first-order valence-electron chi connectivity index (χ1n) is 9.76. The maximum absolute atomic E-state index is 12.5. The molecule has 3 rings (SSSR count). The number of carbonyl (C=O) groups excluding carboxylic acids is 1. The van der Waals surface area contributed by atoms with Crippen molar-refractivity contribution in [1.29, 1.82) is 0 Å². The lowest BCUT2D eigenvalue weighted by Gasteiger charge is -2.19. The maximum Gasteiger partial charge on any atom is 0.229 e. The molecular formula is C22H28N4O3.